The third-order valence-electron chi connectivity index (χ3n) is 1.75. The van der Waals surface area contributed by atoms with Gasteiger partial charge >= 0.3 is 0 Å². The van der Waals surface area contributed by atoms with Crippen molar-refractivity contribution in [2.75, 3.05) is 19.6 Å². The van der Waals surface area contributed by atoms with Gasteiger partial charge in [-0.05, 0) is 6.42 Å². The molecule has 0 aromatic heterocycles. The quantitative estimate of drug-likeness (QED) is 0.559. The first kappa shape index (κ1) is 15.3. The highest BCUT2D eigenvalue weighted by atomic mass is 35.5. The molecule has 1 N–H and O–H groups in total. The smallest absolute Gasteiger partial charge is 0.256 e. The molecule has 0 aliphatic rings. The molecule has 0 saturated carbocycles. The molecule has 0 aromatic rings. The Morgan fingerprint density at radius 3 is 2.56 bits per heavy atom. The van der Waals surface area contributed by atoms with Crippen molar-refractivity contribution >= 4 is 35.0 Å². The van der Waals surface area contributed by atoms with Gasteiger partial charge in [-0.2, -0.15) is 0 Å². The normalized spacial score (nSPS) is 10.0. The summed E-state index contributed by atoms with van der Waals surface area (Å²) in [5.41, 5.74) is 0. The van der Waals surface area contributed by atoms with Crippen LogP contribution in [0, 0.1) is 0 Å². The number of carbonyl (C=O) groups is 2. The standard InChI is InChI=1S/C10H16Cl2N2O2/c1-3-5-13-8(15)7-14(6-4-2)10(16)9(11)12/h4,9H,2-3,5-7H2,1H3,(H,13,15). The molecule has 0 aromatic carbocycles. The van der Waals surface area contributed by atoms with Crippen LogP contribution in [-0.4, -0.2) is 41.2 Å². The minimum atomic E-state index is -1.15. The molecule has 0 atom stereocenters. The second kappa shape index (κ2) is 8.42. The molecule has 0 saturated heterocycles. The van der Waals surface area contributed by atoms with Crippen molar-refractivity contribution in [3.63, 3.8) is 0 Å². The Hall–Kier alpha value is -0.740. The zero-order valence-corrected chi connectivity index (χ0v) is 10.7. The van der Waals surface area contributed by atoms with Crippen molar-refractivity contribution in [3.05, 3.63) is 12.7 Å². The molecule has 0 bridgehead atoms. The van der Waals surface area contributed by atoms with Crippen molar-refractivity contribution in [1.29, 1.82) is 0 Å². The predicted molar refractivity (Wildman–Crippen MR) is 65.6 cm³/mol. The van der Waals surface area contributed by atoms with Crippen LogP contribution >= 0.6 is 23.2 Å². The van der Waals surface area contributed by atoms with Crippen LogP contribution in [0.2, 0.25) is 0 Å². The van der Waals surface area contributed by atoms with E-state index >= 15 is 0 Å². The van der Waals surface area contributed by atoms with Crippen molar-refractivity contribution in [3.8, 4) is 0 Å². The summed E-state index contributed by atoms with van der Waals surface area (Å²) in [7, 11) is 0. The van der Waals surface area contributed by atoms with E-state index in [0.717, 1.165) is 6.42 Å². The van der Waals surface area contributed by atoms with Crippen LogP contribution in [0.1, 0.15) is 13.3 Å². The van der Waals surface area contributed by atoms with Gasteiger partial charge in [-0.3, -0.25) is 9.59 Å². The van der Waals surface area contributed by atoms with Crippen LogP contribution in [0.4, 0.5) is 0 Å². The van der Waals surface area contributed by atoms with E-state index in [-0.39, 0.29) is 19.0 Å². The highest BCUT2D eigenvalue weighted by Crippen LogP contribution is 2.06. The lowest BCUT2D eigenvalue weighted by Crippen LogP contribution is -2.43. The fourth-order valence-corrected chi connectivity index (χ4v) is 1.30. The number of nitrogens with one attached hydrogen (secondary N) is 1. The van der Waals surface area contributed by atoms with Crippen molar-refractivity contribution in [1.82, 2.24) is 10.2 Å². The van der Waals surface area contributed by atoms with Gasteiger partial charge in [-0.15, -0.1) is 6.58 Å². The topological polar surface area (TPSA) is 49.4 Å². The van der Waals surface area contributed by atoms with Gasteiger partial charge in [0.25, 0.3) is 5.91 Å². The van der Waals surface area contributed by atoms with E-state index in [1.807, 2.05) is 6.92 Å². The summed E-state index contributed by atoms with van der Waals surface area (Å²) in [4.78, 5) is 23.0. The predicted octanol–water partition coefficient (Wildman–Crippen LogP) is 1.33. The zero-order chi connectivity index (χ0) is 12.6. The molecule has 6 heteroatoms. The minimum Gasteiger partial charge on any atom is -0.355 e. The van der Waals surface area contributed by atoms with Crippen LogP contribution in [-0.2, 0) is 9.59 Å². The largest absolute Gasteiger partial charge is 0.355 e. The van der Waals surface area contributed by atoms with E-state index in [1.54, 1.807) is 0 Å². The van der Waals surface area contributed by atoms with Gasteiger partial charge in [0.2, 0.25) is 5.91 Å². The molecule has 0 spiro atoms. The van der Waals surface area contributed by atoms with Gasteiger partial charge in [0, 0.05) is 13.1 Å². The summed E-state index contributed by atoms with van der Waals surface area (Å²) >= 11 is 10.9. The van der Waals surface area contributed by atoms with E-state index in [1.165, 1.54) is 11.0 Å². The number of rotatable bonds is 7. The highest BCUT2D eigenvalue weighted by Gasteiger charge is 2.21. The van der Waals surface area contributed by atoms with Crippen LogP contribution < -0.4 is 5.32 Å². The van der Waals surface area contributed by atoms with Gasteiger partial charge in [-0.1, -0.05) is 36.2 Å². The molecule has 92 valence electrons. The summed E-state index contributed by atoms with van der Waals surface area (Å²) in [5.74, 6) is -0.721. The molecule has 0 aliphatic carbocycles. The van der Waals surface area contributed by atoms with Crippen LogP contribution in [0.15, 0.2) is 12.7 Å². The average molecular weight is 267 g/mol. The van der Waals surface area contributed by atoms with Crippen LogP contribution in [0.25, 0.3) is 0 Å². The fraction of sp³-hybridized carbons (Fsp3) is 0.600. The van der Waals surface area contributed by atoms with E-state index in [0.29, 0.717) is 6.54 Å². The summed E-state index contributed by atoms with van der Waals surface area (Å²) in [6.07, 6.45) is 2.36. The molecule has 16 heavy (non-hydrogen) atoms. The molecule has 0 unspecified atom stereocenters. The Labute approximate surface area is 106 Å². The van der Waals surface area contributed by atoms with Gasteiger partial charge in [-0.25, -0.2) is 0 Å². The van der Waals surface area contributed by atoms with Gasteiger partial charge in [0.1, 0.15) is 0 Å². The molecule has 0 rings (SSSR count). The molecular weight excluding hydrogens is 251 g/mol. The monoisotopic (exact) mass is 266 g/mol. The number of amides is 2. The molecule has 0 heterocycles. The lowest BCUT2D eigenvalue weighted by atomic mass is 10.4. The summed E-state index contributed by atoms with van der Waals surface area (Å²) in [6.45, 7) is 6.22. The molecule has 0 aliphatic heterocycles. The number of nitrogens with zero attached hydrogens (tertiary/aromatic N) is 1. The first-order valence-corrected chi connectivity index (χ1v) is 5.84. The zero-order valence-electron chi connectivity index (χ0n) is 9.21. The number of carbonyl (C=O) groups excluding carboxylic acids is 2. The van der Waals surface area contributed by atoms with E-state index in [2.05, 4.69) is 11.9 Å². The van der Waals surface area contributed by atoms with E-state index < -0.39 is 10.7 Å². The lowest BCUT2D eigenvalue weighted by molar-refractivity contribution is -0.134. The number of alkyl halides is 2. The van der Waals surface area contributed by atoms with Gasteiger partial charge in [0.05, 0.1) is 6.54 Å². The van der Waals surface area contributed by atoms with Crippen LogP contribution in [0.5, 0.6) is 0 Å². The van der Waals surface area contributed by atoms with E-state index in [9.17, 15) is 9.59 Å². The SMILES string of the molecule is C=CCN(CC(=O)NCCC)C(=O)C(Cl)Cl. The molecule has 0 radical (unpaired) electrons. The maximum atomic E-state index is 11.5. The first-order chi connectivity index (χ1) is 7.52. The third-order valence-corrected chi connectivity index (χ3v) is 2.13. The van der Waals surface area contributed by atoms with Crippen molar-refractivity contribution in [2.45, 2.75) is 18.2 Å². The van der Waals surface area contributed by atoms with Crippen molar-refractivity contribution in [2.24, 2.45) is 0 Å². The molecule has 4 nitrogen and oxygen atoms in total. The Balaban J connectivity index is 4.27. The molecule has 2 amide bonds. The second-order valence-electron chi connectivity index (χ2n) is 3.16. The Morgan fingerprint density at radius 1 is 1.50 bits per heavy atom. The molecule has 0 fully saturated rings. The Morgan fingerprint density at radius 2 is 2.12 bits per heavy atom. The first-order valence-electron chi connectivity index (χ1n) is 4.97. The minimum absolute atomic E-state index is 0.0548. The second-order valence-corrected chi connectivity index (χ2v) is 4.25. The maximum absolute atomic E-state index is 11.5. The highest BCUT2D eigenvalue weighted by molar-refractivity contribution is 6.53. The Kier molecular flexibility index (Phi) is 8.03. The van der Waals surface area contributed by atoms with Crippen molar-refractivity contribution < 1.29 is 9.59 Å². The average Bonchev–Trinajstić information content (AvgIpc) is 2.24. The van der Waals surface area contributed by atoms with E-state index in [4.69, 9.17) is 23.2 Å². The van der Waals surface area contributed by atoms with Gasteiger partial charge in [0.15, 0.2) is 4.84 Å². The summed E-state index contributed by atoms with van der Waals surface area (Å²) < 4.78 is 0. The fourth-order valence-electron chi connectivity index (χ4n) is 1.02. The summed E-state index contributed by atoms with van der Waals surface area (Å²) in [6, 6.07) is 0. The van der Waals surface area contributed by atoms with Crippen LogP contribution in [0.3, 0.4) is 0 Å². The third kappa shape index (κ3) is 5.98. The maximum Gasteiger partial charge on any atom is 0.256 e. The molecular formula is C10H16Cl2N2O2. The lowest BCUT2D eigenvalue weighted by Gasteiger charge is -2.20. The number of hydrogen-bond acceptors (Lipinski definition) is 2. The summed E-state index contributed by atoms with van der Waals surface area (Å²) in [5, 5.41) is 2.66. The Bertz CT molecular complexity index is 257. The van der Waals surface area contributed by atoms with Gasteiger partial charge < -0.3 is 10.2 Å². The number of hydrogen-bond donors (Lipinski definition) is 1. The number of halogens is 2.